The molecule has 1 aliphatic carbocycles. The first-order valence-electron chi connectivity index (χ1n) is 6.31. The summed E-state index contributed by atoms with van der Waals surface area (Å²) in [7, 11) is -3.27. The normalized spacial score (nSPS) is 17.5. The standard InChI is InChI=1S/C11H19N3O2S2/c1-8(2)7-10-12-13-11(17-10)14-18(15,16)9-5-3-4-6-9/h8-9H,3-7H2,1-2H3,(H,13,14). The fraction of sp³-hybridized carbons (Fsp3) is 0.818. The lowest BCUT2D eigenvalue weighted by molar-refractivity contribution is 0.585. The van der Waals surface area contributed by atoms with E-state index >= 15 is 0 Å². The number of hydrogen-bond acceptors (Lipinski definition) is 5. The van der Waals surface area contributed by atoms with Crippen LogP contribution in [0.2, 0.25) is 0 Å². The molecule has 0 radical (unpaired) electrons. The largest absolute Gasteiger partial charge is 0.257 e. The van der Waals surface area contributed by atoms with Gasteiger partial charge in [-0.15, -0.1) is 10.2 Å². The van der Waals surface area contributed by atoms with Gasteiger partial charge in [0.05, 0.1) is 5.25 Å². The molecule has 2 rings (SSSR count). The number of aromatic nitrogens is 2. The number of hydrogen-bond donors (Lipinski definition) is 1. The summed E-state index contributed by atoms with van der Waals surface area (Å²) in [6.07, 6.45) is 4.35. The van der Waals surface area contributed by atoms with Gasteiger partial charge < -0.3 is 0 Å². The lowest BCUT2D eigenvalue weighted by atomic mass is 10.1. The van der Waals surface area contributed by atoms with Crippen LogP contribution in [-0.4, -0.2) is 23.9 Å². The number of anilines is 1. The average molecular weight is 289 g/mol. The van der Waals surface area contributed by atoms with E-state index in [2.05, 4.69) is 28.8 Å². The second kappa shape index (κ2) is 5.52. The Balaban J connectivity index is 2.02. The molecule has 0 aliphatic heterocycles. The third kappa shape index (κ3) is 3.41. The Kier molecular flexibility index (Phi) is 4.21. The molecule has 18 heavy (non-hydrogen) atoms. The molecule has 0 amide bonds. The summed E-state index contributed by atoms with van der Waals surface area (Å²) < 4.78 is 26.7. The first-order valence-corrected chi connectivity index (χ1v) is 8.67. The van der Waals surface area contributed by atoms with Gasteiger partial charge in [-0.3, -0.25) is 4.72 Å². The molecule has 1 aliphatic rings. The van der Waals surface area contributed by atoms with Crippen molar-refractivity contribution >= 4 is 26.5 Å². The van der Waals surface area contributed by atoms with E-state index in [-0.39, 0.29) is 5.25 Å². The number of nitrogens with zero attached hydrogens (tertiary/aromatic N) is 2. The molecule has 1 heterocycles. The molecule has 1 N–H and O–H groups in total. The first-order chi connectivity index (χ1) is 8.47. The molecule has 1 saturated carbocycles. The van der Waals surface area contributed by atoms with Gasteiger partial charge in [0.1, 0.15) is 5.01 Å². The molecule has 102 valence electrons. The highest BCUT2D eigenvalue weighted by atomic mass is 32.2. The zero-order chi connectivity index (χ0) is 13.2. The summed E-state index contributed by atoms with van der Waals surface area (Å²) >= 11 is 1.33. The van der Waals surface area contributed by atoms with Crippen LogP contribution in [0.3, 0.4) is 0 Å². The smallest absolute Gasteiger partial charge is 0.237 e. The van der Waals surface area contributed by atoms with Crippen molar-refractivity contribution in [1.82, 2.24) is 10.2 Å². The predicted molar refractivity (Wildman–Crippen MR) is 73.2 cm³/mol. The maximum atomic E-state index is 12.1. The second-order valence-electron chi connectivity index (χ2n) is 5.15. The van der Waals surface area contributed by atoms with Crippen molar-refractivity contribution in [3.63, 3.8) is 0 Å². The highest BCUT2D eigenvalue weighted by Crippen LogP contribution is 2.27. The van der Waals surface area contributed by atoms with Crippen molar-refractivity contribution in [1.29, 1.82) is 0 Å². The second-order valence-corrected chi connectivity index (χ2v) is 8.18. The minimum Gasteiger partial charge on any atom is -0.257 e. The monoisotopic (exact) mass is 289 g/mol. The molecular weight excluding hydrogens is 270 g/mol. The van der Waals surface area contributed by atoms with Crippen LogP contribution in [0.4, 0.5) is 5.13 Å². The molecule has 0 saturated heterocycles. The molecule has 5 nitrogen and oxygen atoms in total. The maximum absolute atomic E-state index is 12.1. The van der Waals surface area contributed by atoms with Crippen LogP contribution in [0.25, 0.3) is 0 Å². The van der Waals surface area contributed by atoms with Crippen LogP contribution in [0.1, 0.15) is 44.5 Å². The Bertz CT molecular complexity index is 490. The van der Waals surface area contributed by atoms with Crippen LogP contribution in [-0.2, 0) is 16.4 Å². The molecule has 0 atom stereocenters. The molecule has 1 aromatic rings. The van der Waals surface area contributed by atoms with Gasteiger partial charge in [0, 0.05) is 6.42 Å². The Morgan fingerprint density at radius 2 is 2.00 bits per heavy atom. The van der Waals surface area contributed by atoms with E-state index < -0.39 is 10.0 Å². The van der Waals surface area contributed by atoms with Gasteiger partial charge in [-0.1, -0.05) is 38.0 Å². The number of sulfonamides is 1. The zero-order valence-corrected chi connectivity index (χ0v) is 12.4. The summed E-state index contributed by atoms with van der Waals surface area (Å²) in [6.45, 7) is 4.20. The summed E-state index contributed by atoms with van der Waals surface area (Å²) in [5.41, 5.74) is 0. The SMILES string of the molecule is CC(C)Cc1nnc(NS(=O)(=O)C2CCCC2)s1. The Labute approximate surface area is 112 Å². The molecule has 1 fully saturated rings. The Morgan fingerprint density at radius 1 is 1.33 bits per heavy atom. The fourth-order valence-electron chi connectivity index (χ4n) is 2.13. The van der Waals surface area contributed by atoms with Crippen LogP contribution in [0.5, 0.6) is 0 Å². The zero-order valence-electron chi connectivity index (χ0n) is 10.7. The van der Waals surface area contributed by atoms with Crippen molar-refractivity contribution < 1.29 is 8.42 Å². The van der Waals surface area contributed by atoms with E-state index in [9.17, 15) is 8.42 Å². The van der Waals surface area contributed by atoms with E-state index in [4.69, 9.17) is 0 Å². The minimum absolute atomic E-state index is 0.255. The van der Waals surface area contributed by atoms with Gasteiger partial charge in [0.2, 0.25) is 15.2 Å². The number of rotatable bonds is 5. The van der Waals surface area contributed by atoms with Gasteiger partial charge in [0.15, 0.2) is 0 Å². The average Bonchev–Trinajstić information content (AvgIpc) is 2.87. The molecule has 1 aromatic heterocycles. The highest BCUT2D eigenvalue weighted by Gasteiger charge is 2.29. The first kappa shape index (κ1) is 13.7. The molecular formula is C11H19N3O2S2. The van der Waals surface area contributed by atoms with Crippen LogP contribution in [0, 0.1) is 5.92 Å². The van der Waals surface area contributed by atoms with Crippen LogP contribution < -0.4 is 4.72 Å². The molecule has 0 spiro atoms. The third-order valence-corrected chi connectivity index (χ3v) is 5.84. The number of nitrogens with one attached hydrogen (secondary N) is 1. The van der Waals surface area contributed by atoms with Crippen LogP contribution >= 0.6 is 11.3 Å². The van der Waals surface area contributed by atoms with Crippen molar-refractivity contribution in [2.75, 3.05) is 4.72 Å². The quantitative estimate of drug-likeness (QED) is 0.903. The molecule has 7 heteroatoms. The Morgan fingerprint density at radius 3 is 2.61 bits per heavy atom. The summed E-state index contributed by atoms with van der Waals surface area (Å²) in [5, 5.41) is 8.94. The van der Waals surface area contributed by atoms with Crippen molar-refractivity contribution in [3.05, 3.63) is 5.01 Å². The predicted octanol–water partition coefficient (Wildman–Crippen LogP) is 2.42. The van der Waals surface area contributed by atoms with E-state index in [1.165, 1.54) is 11.3 Å². The lowest BCUT2D eigenvalue weighted by Gasteiger charge is -2.10. The van der Waals surface area contributed by atoms with Gasteiger partial charge >= 0.3 is 0 Å². The summed E-state index contributed by atoms with van der Waals surface area (Å²) in [5.74, 6) is 0.497. The van der Waals surface area contributed by atoms with E-state index in [0.717, 1.165) is 37.1 Å². The summed E-state index contributed by atoms with van der Waals surface area (Å²) in [4.78, 5) is 0. The van der Waals surface area contributed by atoms with Gasteiger partial charge in [-0.05, 0) is 18.8 Å². The van der Waals surface area contributed by atoms with Gasteiger partial charge in [-0.25, -0.2) is 8.42 Å². The van der Waals surface area contributed by atoms with E-state index in [1.54, 1.807) is 0 Å². The van der Waals surface area contributed by atoms with Crippen molar-refractivity contribution in [2.24, 2.45) is 5.92 Å². The van der Waals surface area contributed by atoms with E-state index in [1.807, 2.05) is 0 Å². The minimum atomic E-state index is -3.27. The molecule has 0 unspecified atom stereocenters. The Hall–Kier alpha value is -0.690. The fourth-order valence-corrected chi connectivity index (χ4v) is 4.85. The molecule has 0 bridgehead atoms. The van der Waals surface area contributed by atoms with Crippen molar-refractivity contribution in [2.45, 2.75) is 51.2 Å². The molecule has 0 aromatic carbocycles. The summed E-state index contributed by atoms with van der Waals surface area (Å²) in [6, 6.07) is 0. The maximum Gasteiger partial charge on any atom is 0.237 e. The van der Waals surface area contributed by atoms with Gasteiger partial charge in [-0.2, -0.15) is 0 Å². The van der Waals surface area contributed by atoms with E-state index in [0.29, 0.717) is 11.0 Å². The van der Waals surface area contributed by atoms with Gasteiger partial charge in [0.25, 0.3) is 0 Å². The highest BCUT2D eigenvalue weighted by molar-refractivity contribution is 7.93. The lowest BCUT2D eigenvalue weighted by Crippen LogP contribution is -2.25. The van der Waals surface area contributed by atoms with Crippen molar-refractivity contribution in [3.8, 4) is 0 Å². The topological polar surface area (TPSA) is 72.0 Å². The third-order valence-electron chi connectivity index (χ3n) is 3.02. The van der Waals surface area contributed by atoms with Crippen LogP contribution in [0.15, 0.2) is 0 Å².